The van der Waals surface area contributed by atoms with Crippen LogP contribution >= 0.6 is 11.3 Å². The van der Waals surface area contributed by atoms with E-state index in [0.29, 0.717) is 0 Å². The maximum atomic E-state index is 15.1. The number of amides is 4. The number of benzene rings is 1. The molecule has 0 spiro atoms. The maximum Gasteiger partial charge on any atom is 0.414 e. The van der Waals surface area contributed by atoms with Crippen LogP contribution in [0.5, 0.6) is 0 Å². The summed E-state index contributed by atoms with van der Waals surface area (Å²) < 4.78 is 59.8. The van der Waals surface area contributed by atoms with Crippen LogP contribution in [0.2, 0.25) is 0 Å². The zero-order valence-corrected chi connectivity index (χ0v) is 20.6. The average Bonchev–Trinajstić information content (AvgIpc) is 3.41. The van der Waals surface area contributed by atoms with Gasteiger partial charge in [0.2, 0.25) is 0 Å². The van der Waals surface area contributed by atoms with Crippen molar-refractivity contribution in [2.75, 3.05) is 54.4 Å². The van der Waals surface area contributed by atoms with Gasteiger partial charge in [0.05, 0.1) is 25.3 Å². The Labute approximate surface area is 221 Å². The normalized spacial score (nSPS) is 17.7. The Morgan fingerprint density at radius 3 is 2.56 bits per heavy atom. The molecule has 210 valence electrons. The van der Waals surface area contributed by atoms with E-state index in [4.69, 9.17) is 9.84 Å². The number of alkyl halides is 2. The molecule has 0 aliphatic carbocycles. The number of carboxylic acid groups (broad SMARTS) is 1. The van der Waals surface area contributed by atoms with Crippen LogP contribution in [0.1, 0.15) is 10.5 Å². The number of halogens is 4. The minimum atomic E-state index is -3.24. The molecule has 4 N–H and O–H groups in total. The number of carboxylic acids is 1. The number of urea groups is 1. The lowest BCUT2D eigenvalue weighted by atomic mass is 10.2. The summed E-state index contributed by atoms with van der Waals surface area (Å²) in [6.07, 6.45) is -5.20. The highest BCUT2D eigenvalue weighted by atomic mass is 32.1. The number of cyclic esters (lactones) is 1. The highest BCUT2D eigenvalue weighted by Gasteiger charge is 2.34. The van der Waals surface area contributed by atoms with Crippen LogP contribution in [0.3, 0.4) is 0 Å². The monoisotopic (exact) mass is 575 g/mol. The Balaban J connectivity index is 1.38. The summed E-state index contributed by atoms with van der Waals surface area (Å²) in [5.74, 6) is -4.77. The Morgan fingerprint density at radius 2 is 1.92 bits per heavy atom. The predicted octanol–water partition coefficient (Wildman–Crippen LogP) is 1.68. The van der Waals surface area contributed by atoms with Gasteiger partial charge in [0.1, 0.15) is 11.8 Å². The number of hydrazine groups is 1. The van der Waals surface area contributed by atoms with E-state index >= 15 is 8.78 Å². The summed E-state index contributed by atoms with van der Waals surface area (Å²) in [5.41, 5.74) is 2.03. The standard InChI is InChI=1S/C21H21F4N7O6S/c22-12-5-10(31-8-11(38-21(31)37)7-26-17(33)16(24)25)6-13(23)15(12)30-2-1-27-32(4-3-30)20(36)29-19-28-14(9-39-19)18(34)35/h5-6,9,11,16,27H,1-4,7-8H2,(H,26,33)(H,34,35)(H,28,29,36)/t11-/m0/s1. The van der Waals surface area contributed by atoms with E-state index in [0.717, 1.165) is 28.4 Å². The van der Waals surface area contributed by atoms with Crippen LogP contribution in [0.15, 0.2) is 17.5 Å². The summed E-state index contributed by atoms with van der Waals surface area (Å²) >= 11 is 0.920. The largest absolute Gasteiger partial charge is 0.476 e. The number of aromatic nitrogens is 1. The summed E-state index contributed by atoms with van der Waals surface area (Å²) in [7, 11) is 0. The second kappa shape index (κ2) is 11.7. The van der Waals surface area contributed by atoms with E-state index in [1.54, 1.807) is 0 Å². The van der Waals surface area contributed by atoms with Crippen LogP contribution in [0.25, 0.3) is 0 Å². The fourth-order valence-corrected chi connectivity index (χ4v) is 4.53. The fourth-order valence-electron chi connectivity index (χ4n) is 3.86. The van der Waals surface area contributed by atoms with Gasteiger partial charge in [-0.1, -0.05) is 0 Å². The number of carbonyl (C=O) groups excluding carboxylic acids is 3. The summed E-state index contributed by atoms with van der Waals surface area (Å²) in [6.45, 7) is -0.392. The van der Waals surface area contributed by atoms with Crippen LogP contribution in [0, 0.1) is 11.6 Å². The lowest BCUT2D eigenvalue weighted by Crippen LogP contribution is -2.46. The second-order valence-corrected chi connectivity index (χ2v) is 9.10. The maximum absolute atomic E-state index is 15.1. The first-order chi connectivity index (χ1) is 18.5. The van der Waals surface area contributed by atoms with Crippen molar-refractivity contribution in [3.8, 4) is 0 Å². The quantitative estimate of drug-likeness (QED) is 0.361. The number of aromatic carboxylic acids is 1. The van der Waals surface area contributed by atoms with Crippen molar-refractivity contribution in [2.24, 2.45) is 0 Å². The van der Waals surface area contributed by atoms with Gasteiger partial charge in [-0.05, 0) is 0 Å². The first kappa shape index (κ1) is 27.8. The van der Waals surface area contributed by atoms with Crippen molar-refractivity contribution in [2.45, 2.75) is 12.5 Å². The number of hydrogen-bond acceptors (Lipinski definition) is 9. The molecule has 1 aromatic carbocycles. The zero-order chi connectivity index (χ0) is 28.3. The number of ether oxygens (including phenoxy) is 1. The van der Waals surface area contributed by atoms with Gasteiger partial charge in [0.25, 0.3) is 5.91 Å². The molecule has 1 atom stereocenters. The van der Waals surface area contributed by atoms with Gasteiger partial charge in [0.15, 0.2) is 22.5 Å². The van der Waals surface area contributed by atoms with Crippen molar-refractivity contribution in [1.29, 1.82) is 0 Å². The van der Waals surface area contributed by atoms with Gasteiger partial charge in [-0.25, -0.2) is 33.6 Å². The van der Waals surface area contributed by atoms with E-state index in [1.807, 2.05) is 5.32 Å². The molecular formula is C21H21F4N7O6S. The minimum Gasteiger partial charge on any atom is -0.476 e. The van der Waals surface area contributed by atoms with Gasteiger partial charge in [-0.15, -0.1) is 11.3 Å². The van der Waals surface area contributed by atoms with Gasteiger partial charge in [0, 0.05) is 37.1 Å². The predicted molar refractivity (Wildman–Crippen MR) is 128 cm³/mol. The van der Waals surface area contributed by atoms with E-state index in [1.165, 1.54) is 15.3 Å². The summed E-state index contributed by atoms with van der Waals surface area (Å²) in [5, 5.41) is 15.8. The molecule has 13 nitrogen and oxygen atoms in total. The number of hydrogen-bond donors (Lipinski definition) is 4. The van der Waals surface area contributed by atoms with Gasteiger partial charge >= 0.3 is 24.5 Å². The van der Waals surface area contributed by atoms with Crippen molar-refractivity contribution in [1.82, 2.24) is 20.7 Å². The van der Waals surface area contributed by atoms with Crippen molar-refractivity contribution < 1.29 is 46.6 Å². The first-order valence-electron chi connectivity index (χ1n) is 11.3. The highest BCUT2D eigenvalue weighted by Crippen LogP contribution is 2.31. The third kappa shape index (κ3) is 6.45. The SMILES string of the molecule is O=C(O)c1csc(NC(=O)N2CCN(c3c(F)cc(N4C[C@H](CNC(=O)C(F)F)OC4=O)cc3F)CCN2)n1. The van der Waals surface area contributed by atoms with Crippen LogP contribution < -0.4 is 25.9 Å². The summed E-state index contributed by atoms with van der Waals surface area (Å²) in [4.78, 5) is 52.7. The lowest BCUT2D eigenvalue weighted by Gasteiger charge is -2.25. The molecule has 0 unspecified atom stereocenters. The Morgan fingerprint density at radius 1 is 1.21 bits per heavy atom. The number of thiazole rings is 1. The molecule has 2 saturated heterocycles. The zero-order valence-electron chi connectivity index (χ0n) is 19.8. The number of nitrogens with one attached hydrogen (secondary N) is 3. The first-order valence-corrected chi connectivity index (χ1v) is 12.2. The van der Waals surface area contributed by atoms with E-state index in [-0.39, 0.29) is 54.9 Å². The van der Waals surface area contributed by atoms with Crippen LogP contribution in [-0.2, 0) is 9.53 Å². The van der Waals surface area contributed by atoms with E-state index < -0.39 is 54.7 Å². The average molecular weight is 576 g/mol. The third-order valence-electron chi connectivity index (χ3n) is 5.67. The molecular weight excluding hydrogens is 554 g/mol. The van der Waals surface area contributed by atoms with E-state index in [2.05, 4.69) is 15.7 Å². The summed E-state index contributed by atoms with van der Waals surface area (Å²) in [6, 6.07) is 1.20. The highest BCUT2D eigenvalue weighted by molar-refractivity contribution is 7.14. The molecule has 0 radical (unpaired) electrons. The topological polar surface area (TPSA) is 156 Å². The lowest BCUT2D eigenvalue weighted by molar-refractivity contribution is -0.132. The molecule has 2 aromatic rings. The number of nitrogens with zero attached hydrogens (tertiary/aromatic N) is 4. The molecule has 4 amide bonds. The van der Waals surface area contributed by atoms with Gasteiger partial charge in [-0.3, -0.25) is 20.0 Å². The Hall–Kier alpha value is -4.19. The minimum absolute atomic E-state index is 0.00586. The Kier molecular flexibility index (Phi) is 8.34. The van der Waals surface area contributed by atoms with E-state index in [9.17, 15) is 28.0 Å². The fraction of sp³-hybridized carbons (Fsp3) is 0.381. The van der Waals surface area contributed by atoms with Crippen molar-refractivity contribution in [3.05, 3.63) is 34.8 Å². The van der Waals surface area contributed by atoms with Crippen molar-refractivity contribution in [3.63, 3.8) is 0 Å². The molecule has 3 heterocycles. The van der Waals surface area contributed by atoms with Crippen molar-refractivity contribution >= 4 is 51.8 Å². The molecule has 2 fully saturated rings. The molecule has 39 heavy (non-hydrogen) atoms. The molecule has 18 heteroatoms. The molecule has 4 rings (SSSR count). The van der Waals surface area contributed by atoms with Gasteiger partial charge < -0.3 is 20.1 Å². The number of anilines is 3. The molecule has 0 saturated carbocycles. The molecule has 2 aliphatic heterocycles. The third-order valence-corrected chi connectivity index (χ3v) is 6.42. The Bertz CT molecular complexity index is 1260. The number of carbonyl (C=O) groups is 4. The van der Waals surface area contributed by atoms with Crippen LogP contribution in [0.4, 0.5) is 43.7 Å². The number of rotatable bonds is 7. The molecule has 1 aromatic heterocycles. The molecule has 2 aliphatic rings. The smallest absolute Gasteiger partial charge is 0.414 e. The van der Waals surface area contributed by atoms with Crippen LogP contribution in [-0.4, -0.2) is 90.9 Å². The second-order valence-electron chi connectivity index (χ2n) is 8.24. The van der Waals surface area contributed by atoms with Gasteiger partial charge in [-0.2, -0.15) is 8.78 Å². The molecule has 0 bridgehead atoms.